The van der Waals surface area contributed by atoms with Crippen LogP contribution >= 0.6 is 11.3 Å². The number of nitrogens with zero attached hydrogens (tertiary/aromatic N) is 9. The highest BCUT2D eigenvalue weighted by molar-refractivity contribution is 7.13. The summed E-state index contributed by atoms with van der Waals surface area (Å²) in [6.45, 7) is 12.4. The van der Waals surface area contributed by atoms with E-state index < -0.39 is 36.2 Å². The number of likely N-dealkylation sites (tertiary alicyclic amines) is 1. The molecule has 4 aliphatic heterocycles. The largest absolute Gasteiger partial charge is 0.486 e. The lowest BCUT2D eigenvalue weighted by molar-refractivity contribution is -0.143. The van der Waals surface area contributed by atoms with Gasteiger partial charge in [0, 0.05) is 78.4 Å². The summed E-state index contributed by atoms with van der Waals surface area (Å²) in [6, 6.07) is 17.5. The Hall–Kier alpha value is -7.43. The summed E-state index contributed by atoms with van der Waals surface area (Å²) in [5.74, 6) is 0.0917. The molecule has 5 aliphatic rings. The lowest BCUT2D eigenvalue weighted by atomic mass is 9.88. The molecule has 4 aromatic carbocycles. The van der Waals surface area contributed by atoms with Crippen LogP contribution in [-0.2, 0) is 20.9 Å². The quantitative estimate of drug-likeness (QED) is 0.0541. The van der Waals surface area contributed by atoms with E-state index in [1.165, 1.54) is 11.0 Å². The van der Waals surface area contributed by atoms with Crippen molar-refractivity contribution in [3.63, 3.8) is 0 Å². The number of amides is 2. The number of benzene rings is 4. The molecule has 8 heterocycles. The number of rotatable bonds is 18. The number of β-amino-alcohol motifs (C(OH)–C–C–N with tert-alkyl or cyclic N) is 1. The van der Waals surface area contributed by atoms with Gasteiger partial charge in [-0.1, -0.05) is 74.5 Å². The van der Waals surface area contributed by atoms with Crippen LogP contribution in [0.4, 0.5) is 10.2 Å². The first kappa shape index (κ1) is 54.8. The van der Waals surface area contributed by atoms with E-state index >= 15 is 4.39 Å². The number of H-pyrrole nitrogens is 1. The zero-order chi connectivity index (χ0) is 57.2. The molecule has 1 aliphatic carbocycles. The smallest absolute Gasteiger partial charge is 0.319 e. The maximum absolute atomic E-state index is 16.2. The lowest BCUT2D eigenvalue weighted by Gasteiger charge is -2.31. The summed E-state index contributed by atoms with van der Waals surface area (Å²) < 4.78 is 37.2. The van der Waals surface area contributed by atoms with Gasteiger partial charge in [-0.05, 0) is 91.3 Å². The standard InChI is InChI=1S/C62H69FN12O7S/c1-6-51(77)54(38-13-15-39(16-14-38)58-34(5)65-31-83-58)67-60(78)50-22-42(76)28-74(50)61(79)56(32(2)3)75-29-49(71-72-75)37-9-7-35(8-10-37)30-81-57-53(52-33(4)47(63)24-48-46(52)26-66-70-48)44(36-11-12-36)23-45-55(57)68-62(82-43-17-19-80-20-18-43)69-59(45)73-27-40-21-41(73)25-64-40/h7-10,13-16,23-24,26,29,31-32,36,40-43,50-51,54,56,64,76-77H,6,11-12,17-22,25,27-28,30H2,1-5H3,(H,66,70)(H,67,78)/t40-,41-,42+,50-,51-,54+,56-/m0/s1. The number of carbonyl (C=O) groups is 2. The number of thiazole rings is 1. The van der Waals surface area contributed by atoms with Crippen molar-refractivity contribution in [3.8, 4) is 44.6 Å². The van der Waals surface area contributed by atoms with Gasteiger partial charge in [0.25, 0.3) is 0 Å². The number of aryl methyl sites for hydroxylation is 1. The summed E-state index contributed by atoms with van der Waals surface area (Å²) >= 11 is 1.55. The molecule has 4 saturated heterocycles. The Morgan fingerprint density at radius 2 is 1.75 bits per heavy atom. The fourth-order valence-electron chi connectivity index (χ4n) is 12.8. The summed E-state index contributed by atoms with van der Waals surface area (Å²) in [4.78, 5) is 48.7. The van der Waals surface area contributed by atoms with E-state index in [9.17, 15) is 19.8 Å². The Kier molecular flexibility index (Phi) is 14.9. The average Bonchev–Trinajstić information content (AvgIpc) is 4.38. The van der Waals surface area contributed by atoms with E-state index in [4.69, 9.17) is 24.2 Å². The molecule has 1 saturated carbocycles. The molecule has 21 heteroatoms. The van der Waals surface area contributed by atoms with Crippen molar-refractivity contribution >= 4 is 50.8 Å². The van der Waals surface area contributed by atoms with Gasteiger partial charge in [-0.15, -0.1) is 16.4 Å². The second kappa shape index (κ2) is 22.6. The van der Waals surface area contributed by atoms with Gasteiger partial charge in [-0.3, -0.25) is 14.7 Å². The van der Waals surface area contributed by atoms with Gasteiger partial charge in [-0.2, -0.15) is 15.1 Å². The highest BCUT2D eigenvalue weighted by Crippen LogP contribution is 2.54. The molecule has 5 N–H and O–H groups in total. The number of aliphatic hydroxyl groups excluding tert-OH is 2. The Labute approximate surface area is 484 Å². The molecular weight excluding hydrogens is 1080 g/mol. The van der Waals surface area contributed by atoms with Crippen molar-refractivity contribution in [2.45, 2.75) is 141 Å². The van der Waals surface area contributed by atoms with E-state index in [-0.39, 0.29) is 61.3 Å². The number of aromatic amines is 1. The van der Waals surface area contributed by atoms with E-state index in [2.05, 4.69) is 47.1 Å². The monoisotopic (exact) mass is 1140 g/mol. The summed E-state index contributed by atoms with van der Waals surface area (Å²) in [7, 11) is 0. The van der Waals surface area contributed by atoms with Gasteiger partial charge in [0.2, 0.25) is 11.8 Å². The summed E-state index contributed by atoms with van der Waals surface area (Å²) in [5.41, 5.74) is 10.8. The topological polar surface area (TPSA) is 231 Å². The number of carbonyl (C=O) groups excluding carboxylic acids is 2. The number of hydrogen-bond acceptors (Lipinski definition) is 16. The molecule has 432 valence electrons. The fourth-order valence-corrected chi connectivity index (χ4v) is 13.6. The van der Waals surface area contributed by atoms with Crippen LogP contribution < -0.4 is 25.0 Å². The third kappa shape index (κ3) is 10.6. The minimum absolute atomic E-state index is 0.0385. The molecule has 4 aromatic heterocycles. The van der Waals surface area contributed by atoms with Crippen LogP contribution in [0.15, 0.2) is 78.6 Å². The maximum atomic E-state index is 16.2. The molecule has 2 bridgehead atoms. The van der Waals surface area contributed by atoms with E-state index in [1.807, 2.05) is 83.1 Å². The normalized spacial score (nSPS) is 21.1. The SMILES string of the molecule is CC[C@H](O)[C@H](NC(=O)[C@@H]1C[C@@H](O)CN1C(=O)[C@H](C(C)C)n1cc(-c2ccc(COc3c(-c4c(C)c(F)cc5[nH]ncc45)c(C4CC4)cc4c(N5C[C@@H]6C[C@H]5CN6)nc(OC5CCOCC5)nc34)cc2)nn1)c1ccc(-c2scnc2C)cc1. The van der Waals surface area contributed by atoms with Crippen LogP contribution in [-0.4, -0.2) is 136 Å². The molecule has 8 aromatic rings. The first-order valence-corrected chi connectivity index (χ1v) is 30.0. The second-order valence-electron chi connectivity index (χ2n) is 23.4. The van der Waals surface area contributed by atoms with Crippen molar-refractivity contribution < 1.29 is 38.4 Å². The zero-order valence-corrected chi connectivity index (χ0v) is 48.0. The number of nitrogens with one attached hydrogen (secondary N) is 3. The van der Waals surface area contributed by atoms with Gasteiger partial charge < -0.3 is 44.9 Å². The minimum Gasteiger partial charge on any atom is -0.486 e. The minimum atomic E-state index is -0.989. The molecule has 2 amide bonds. The molecule has 0 radical (unpaired) electrons. The van der Waals surface area contributed by atoms with Gasteiger partial charge >= 0.3 is 6.01 Å². The molecule has 7 atom stereocenters. The Bertz CT molecular complexity index is 3710. The van der Waals surface area contributed by atoms with Crippen LogP contribution in [0.2, 0.25) is 0 Å². The van der Waals surface area contributed by atoms with Crippen molar-refractivity contribution in [1.82, 2.24) is 55.7 Å². The van der Waals surface area contributed by atoms with Crippen molar-refractivity contribution in [2.75, 3.05) is 37.7 Å². The zero-order valence-electron chi connectivity index (χ0n) is 47.2. The van der Waals surface area contributed by atoms with Crippen LogP contribution in [0.5, 0.6) is 11.8 Å². The van der Waals surface area contributed by atoms with E-state index in [0.29, 0.717) is 59.3 Å². The molecule has 83 heavy (non-hydrogen) atoms. The van der Waals surface area contributed by atoms with Crippen molar-refractivity contribution in [3.05, 3.63) is 112 Å². The summed E-state index contributed by atoms with van der Waals surface area (Å²) in [5, 5.41) is 47.0. The molecule has 13 rings (SSSR count). The number of aliphatic hydroxyl groups is 2. The Morgan fingerprint density at radius 1 is 0.964 bits per heavy atom. The number of anilines is 1. The van der Waals surface area contributed by atoms with Crippen LogP contribution in [0.25, 0.3) is 54.6 Å². The number of ether oxygens (including phenoxy) is 3. The van der Waals surface area contributed by atoms with Gasteiger partial charge in [0.1, 0.15) is 47.6 Å². The number of aromatic nitrogens is 8. The highest BCUT2D eigenvalue weighted by Gasteiger charge is 2.45. The van der Waals surface area contributed by atoms with E-state index in [0.717, 1.165) is 106 Å². The van der Waals surface area contributed by atoms with Crippen LogP contribution in [0.3, 0.4) is 0 Å². The molecular formula is C62H69FN12O7S. The number of halogens is 1. The highest BCUT2D eigenvalue weighted by atomic mass is 32.1. The molecule has 0 unspecified atom stereocenters. The number of hydrogen-bond donors (Lipinski definition) is 5. The van der Waals surface area contributed by atoms with Crippen molar-refractivity contribution in [2.24, 2.45) is 5.92 Å². The second-order valence-corrected chi connectivity index (χ2v) is 24.3. The molecule has 0 spiro atoms. The summed E-state index contributed by atoms with van der Waals surface area (Å²) in [6.07, 6.45) is 6.38. The first-order chi connectivity index (χ1) is 40.3. The Balaban J connectivity index is 0.786. The van der Waals surface area contributed by atoms with Crippen LogP contribution in [0.1, 0.15) is 112 Å². The van der Waals surface area contributed by atoms with Crippen LogP contribution in [0, 0.1) is 25.6 Å². The predicted molar refractivity (Wildman–Crippen MR) is 313 cm³/mol. The number of piperazine rings is 1. The molecule has 5 fully saturated rings. The average molecular weight is 1150 g/mol. The Morgan fingerprint density at radius 3 is 2.45 bits per heavy atom. The first-order valence-electron chi connectivity index (χ1n) is 29.1. The third-order valence-corrected chi connectivity index (χ3v) is 18.4. The van der Waals surface area contributed by atoms with E-state index in [1.54, 1.807) is 33.9 Å². The molecule has 19 nitrogen and oxygen atoms in total. The maximum Gasteiger partial charge on any atom is 0.319 e. The van der Waals surface area contributed by atoms with Gasteiger partial charge in [-0.25, -0.2) is 14.1 Å². The number of fused-ring (bicyclic) bond motifs is 4. The predicted octanol–water partition coefficient (Wildman–Crippen LogP) is 8.66. The lowest BCUT2D eigenvalue weighted by Crippen LogP contribution is -2.50. The van der Waals surface area contributed by atoms with Gasteiger partial charge in [0.15, 0.2) is 5.75 Å². The third-order valence-electron chi connectivity index (χ3n) is 17.5. The fraction of sp³-hybridized carbons (Fsp3) is 0.452. The van der Waals surface area contributed by atoms with Gasteiger partial charge in [0.05, 0.1) is 65.5 Å². The van der Waals surface area contributed by atoms with Crippen molar-refractivity contribution in [1.29, 1.82) is 0 Å².